The van der Waals surface area contributed by atoms with Gasteiger partial charge < -0.3 is 15.5 Å². The third-order valence-corrected chi connectivity index (χ3v) is 4.27. The summed E-state index contributed by atoms with van der Waals surface area (Å²) in [6.45, 7) is 6.34. The lowest BCUT2D eigenvalue weighted by atomic mass is 10.0. The molecule has 1 atom stereocenters. The van der Waals surface area contributed by atoms with Crippen LogP contribution in [0.25, 0.3) is 0 Å². The normalized spacial score (nSPS) is 23.6. The van der Waals surface area contributed by atoms with Gasteiger partial charge in [0.2, 0.25) is 11.8 Å². The second-order valence-corrected chi connectivity index (χ2v) is 6.27. The Morgan fingerprint density at radius 3 is 2.33 bits per heavy atom. The zero-order chi connectivity index (χ0) is 14.5. The SMILES string of the molecule is CC(C)C(=O)N1CCC(NC(=O)C2CCCCN2)CC1.Cl. The van der Waals surface area contributed by atoms with E-state index >= 15 is 0 Å². The fourth-order valence-corrected chi connectivity index (χ4v) is 2.99. The van der Waals surface area contributed by atoms with Gasteiger partial charge in [-0.3, -0.25) is 9.59 Å². The summed E-state index contributed by atoms with van der Waals surface area (Å²) < 4.78 is 0. The number of carbonyl (C=O) groups is 2. The van der Waals surface area contributed by atoms with Crippen LogP contribution in [0.5, 0.6) is 0 Å². The number of nitrogens with one attached hydrogen (secondary N) is 2. The molecule has 5 nitrogen and oxygen atoms in total. The Morgan fingerprint density at radius 2 is 1.81 bits per heavy atom. The topological polar surface area (TPSA) is 61.4 Å². The molecule has 0 aromatic heterocycles. The number of piperidine rings is 2. The molecule has 2 rings (SSSR count). The van der Waals surface area contributed by atoms with Gasteiger partial charge in [0.05, 0.1) is 6.04 Å². The van der Waals surface area contributed by atoms with Gasteiger partial charge in [0.1, 0.15) is 0 Å². The molecule has 1 unspecified atom stereocenters. The molecule has 2 amide bonds. The number of rotatable bonds is 3. The number of carbonyl (C=O) groups excluding carboxylic acids is 2. The van der Waals surface area contributed by atoms with Gasteiger partial charge in [0.25, 0.3) is 0 Å². The van der Waals surface area contributed by atoms with Gasteiger partial charge in [-0.05, 0) is 32.2 Å². The van der Waals surface area contributed by atoms with Crippen molar-refractivity contribution in [2.45, 2.75) is 58.0 Å². The van der Waals surface area contributed by atoms with Crippen molar-refractivity contribution in [2.24, 2.45) is 5.92 Å². The number of hydrogen-bond donors (Lipinski definition) is 2. The van der Waals surface area contributed by atoms with Crippen LogP contribution in [0.15, 0.2) is 0 Å². The molecule has 0 aromatic carbocycles. The predicted octanol–water partition coefficient (Wildman–Crippen LogP) is 1.31. The number of nitrogens with zero attached hydrogens (tertiary/aromatic N) is 1. The summed E-state index contributed by atoms with van der Waals surface area (Å²) >= 11 is 0. The third kappa shape index (κ3) is 5.15. The third-order valence-electron chi connectivity index (χ3n) is 4.27. The number of hydrogen-bond acceptors (Lipinski definition) is 3. The van der Waals surface area contributed by atoms with Crippen LogP contribution in [-0.2, 0) is 9.59 Å². The molecular formula is C15H28ClN3O2. The van der Waals surface area contributed by atoms with Crippen LogP contribution in [0.1, 0.15) is 46.0 Å². The van der Waals surface area contributed by atoms with Crippen molar-refractivity contribution in [3.8, 4) is 0 Å². The maximum Gasteiger partial charge on any atom is 0.237 e. The summed E-state index contributed by atoms with van der Waals surface area (Å²) in [5, 5.41) is 6.41. The van der Waals surface area contributed by atoms with E-state index in [0.717, 1.165) is 45.3 Å². The smallest absolute Gasteiger partial charge is 0.237 e. The van der Waals surface area contributed by atoms with Crippen LogP contribution in [0, 0.1) is 5.92 Å². The van der Waals surface area contributed by atoms with Crippen molar-refractivity contribution < 1.29 is 9.59 Å². The first kappa shape index (κ1) is 18.2. The summed E-state index contributed by atoms with van der Waals surface area (Å²) in [5.41, 5.74) is 0. The summed E-state index contributed by atoms with van der Waals surface area (Å²) in [4.78, 5) is 26.0. The Bertz CT molecular complexity index is 349. The molecule has 2 N–H and O–H groups in total. The molecule has 21 heavy (non-hydrogen) atoms. The van der Waals surface area contributed by atoms with Crippen LogP contribution in [-0.4, -0.2) is 48.4 Å². The molecule has 0 aromatic rings. The van der Waals surface area contributed by atoms with E-state index in [0.29, 0.717) is 0 Å². The van der Waals surface area contributed by atoms with E-state index in [2.05, 4.69) is 10.6 Å². The quantitative estimate of drug-likeness (QED) is 0.825. The zero-order valence-electron chi connectivity index (χ0n) is 13.1. The highest BCUT2D eigenvalue weighted by molar-refractivity contribution is 5.85. The first-order valence-corrected chi connectivity index (χ1v) is 7.90. The molecule has 0 bridgehead atoms. The monoisotopic (exact) mass is 317 g/mol. The van der Waals surface area contributed by atoms with Gasteiger partial charge in [-0.2, -0.15) is 0 Å². The van der Waals surface area contributed by atoms with Crippen molar-refractivity contribution in [1.82, 2.24) is 15.5 Å². The standard InChI is InChI=1S/C15H27N3O2.ClH/c1-11(2)15(20)18-9-6-12(7-10-18)17-14(19)13-5-3-4-8-16-13;/h11-13,16H,3-10H2,1-2H3,(H,17,19);1H. The van der Waals surface area contributed by atoms with Crippen molar-refractivity contribution in [1.29, 1.82) is 0 Å². The minimum atomic E-state index is -0.0147. The van der Waals surface area contributed by atoms with Crippen LogP contribution in [0.2, 0.25) is 0 Å². The highest BCUT2D eigenvalue weighted by Crippen LogP contribution is 2.14. The van der Waals surface area contributed by atoms with Crippen LogP contribution in [0.3, 0.4) is 0 Å². The molecular weight excluding hydrogens is 290 g/mol. The number of halogens is 1. The lowest BCUT2D eigenvalue weighted by Crippen LogP contribution is -2.53. The van der Waals surface area contributed by atoms with Gasteiger partial charge in [0, 0.05) is 25.0 Å². The van der Waals surface area contributed by atoms with Gasteiger partial charge in [0.15, 0.2) is 0 Å². The minimum absolute atomic E-state index is 0. The molecule has 2 fully saturated rings. The molecule has 2 aliphatic heterocycles. The number of likely N-dealkylation sites (tertiary alicyclic amines) is 1. The Labute approximate surface area is 133 Å². The van der Waals surface area contributed by atoms with Crippen molar-refractivity contribution >= 4 is 24.2 Å². The molecule has 2 saturated heterocycles. The average Bonchev–Trinajstić information content (AvgIpc) is 2.48. The predicted molar refractivity (Wildman–Crippen MR) is 85.5 cm³/mol. The lowest BCUT2D eigenvalue weighted by Gasteiger charge is -2.34. The highest BCUT2D eigenvalue weighted by Gasteiger charge is 2.27. The lowest BCUT2D eigenvalue weighted by molar-refractivity contribution is -0.135. The highest BCUT2D eigenvalue weighted by atomic mass is 35.5. The van der Waals surface area contributed by atoms with Gasteiger partial charge in [-0.15, -0.1) is 12.4 Å². The molecule has 2 aliphatic rings. The van der Waals surface area contributed by atoms with Crippen LogP contribution >= 0.6 is 12.4 Å². The average molecular weight is 318 g/mol. The van der Waals surface area contributed by atoms with E-state index in [1.807, 2.05) is 18.7 Å². The molecule has 6 heteroatoms. The van der Waals surface area contributed by atoms with Gasteiger partial charge >= 0.3 is 0 Å². The summed E-state index contributed by atoms with van der Waals surface area (Å²) in [7, 11) is 0. The second-order valence-electron chi connectivity index (χ2n) is 6.27. The molecule has 0 aliphatic carbocycles. The Balaban J connectivity index is 0.00000220. The Kier molecular flexibility index (Phi) is 7.46. The summed E-state index contributed by atoms with van der Waals surface area (Å²) in [6, 6.07) is 0.210. The molecule has 2 heterocycles. The van der Waals surface area contributed by atoms with Crippen molar-refractivity contribution in [3.05, 3.63) is 0 Å². The Morgan fingerprint density at radius 1 is 1.14 bits per heavy atom. The van der Waals surface area contributed by atoms with Gasteiger partial charge in [-0.1, -0.05) is 20.3 Å². The maximum absolute atomic E-state index is 12.1. The van der Waals surface area contributed by atoms with E-state index in [9.17, 15) is 9.59 Å². The first-order valence-electron chi connectivity index (χ1n) is 7.90. The van der Waals surface area contributed by atoms with Crippen LogP contribution in [0.4, 0.5) is 0 Å². The second kappa shape index (κ2) is 8.59. The Hall–Kier alpha value is -0.810. The zero-order valence-corrected chi connectivity index (χ0v) is 13.9. The number of amides is 2. The molecule has 0 saturated carbocycles. The fourth-order valence-electron chi connectivity index (χ4n) is 2.99. The van der Waals surface area contributed by atoms with E-state index in [-0.39, 0.29) is 42.2 Å². The van der Waals surface area contributed by atoms with E-state index in [4.69, 9.17) is 0 Å². The largest absolute Gasteiger partial charge is 0.352 e. The van der Waals surface area contributed by atoms with Crippen molar-refractivity contribution in [2.75, 3.05) is 19.6 Å². The van der Waals surface area contributed by atoms with E-state index < -0.39 is 0 Å². The van der Waals surface area contributed by atoms with E-state index in [1.54, 1.807) is 0 Å². The minimum Gasteiger partial charge on any atom is -0.352 e. The van der Waals surface area contributed by atoms with Gasteiger partial charge in [-0.25, -0.2) is 0 Å². The summed E-state index contributed by atoms with van der Waals surface area (Å²) in [6.07, 6.45) is 4.98. The molecule has 0 spiro atoms. The first-order chi connectivity index (χ1) is 9.58. The van der Waals surface area contributed by atoms with Crippen LogP contribution < -0.4 is 10.6 Å². The summed E-state index contributed by atoms with van der Waals surface area (Å²) in [5.74, 6) is 0.426. The molecule has 0 radical (unpaired) electrons. The molecule has 122 valence electrons. The maximum atomic E-state index is 12.1. The van der Waals surface area contributed by atoms with E-state index in [1.165, 1.54) is 6.42 Å². The van der Waals surface area contributed by atoms with Crippen molar-refractivity contribution in [3.63, 3.8) is 0 Å². The fraction of sp³-hybridized carbons (Fsp3) is 0.867.